The molecule has 10 heteroatoms. The Morgan fingerprint density at radius 2 is 1.94 bits per heavy atom. The lowest BCUT2D eigenvalue weighted by Gasteiger charge is -2.20. The summed E-state index contributed by atoms with van der Waals surface area (Å²) in [5.74, 6) is 0.0204. The summed E-state index contributed by atoms with van der Waals surface area (Å²) in [6, 6.07) is 7.28. The maximum absolute atomic E-state index is 12.7. The zero-order valence-electron chi connectivity index (χ0n) is 19.5. The van der Waals surface area contributed by atoms with Crippen LogP contribution in [0.15, 0.2) is 39.9 Å². The fourth-order valence-corrected chi connectivity index (χ4v) is 4.01. The van der Waals surface area contributed by atoms with Crippen LogP contribution in [0.1, 0.15) is 49.5 Å². The third-order valence-corrected chi connectivity index (χ3v) is 5.93. The number of halogens is 3. The second-order valence-electron chi connectivity index (χ2n) is 7.79. The molecule has 7 nitrogen and oxygen atoms in total. The van der Waals surface area contributed by atoms with E-state index in [4.69, 9.17) is 32.7 Å². The monoisotopic (exact) mass is 571 g/mol. The van der Waals surface area contributed by atoms with E-state index in [9.17, 15) is 9.59 Å². The molecule has 2 amide bonds. The molecule has 0 aliphatic rings. The van der Waals surface area contributed by atoms with Gasteiger partial charge in [0.2, 0.25) is 0 Å². The summed E-state index contributed by atoms with van der Waals surface area (Å²) < 4.78 is 11.9. The second kappa shape index (κ2) is 13.6. The molecule has 2 aromatic rings. The predicted octanol–water partition coefficient (Wildman–Crippen LogP) is 5.85. The SMILES string of the molecule is CCCCOc1c(Br)cc(/C=N\NC(=O)C(NC(=O)c2ccc(Cl)cc2Cl)C(C)C)cc1OC. The van der Waals surface area contributed by atoms with Crippen LogP contribution in [0.3, 0.4) is 0 Å². The van der Waals surface area contributed by atoms with Crippen LogP contribution >= 0.6 is 39.1 Å². The van der Waals surface area contributed by atoms with E-state index in [2.05, 4.69) is 38.7 Å². The molecule has 0 aliphatic heterocycles. The van der Waals surface area contributed by atoms with Gasteiger partial charge >= 0.3 is 0 Å². The summed E-state index contributed by atoms with van der Waals surface area (Å²) in [6.07, 6.45) is 3.44. The van der Waals surface area contributed by atoms with E-state index in [-0.39, 0.29) is 16.5 Å². The molecule has 2 rings (SSSR count). The standard InChI is InChI=1S/C24H28BrCl2N3O4/c1-5-6-9-34-22-18(25)10-15(11-20(22)33-4)13-28-30-24(32)21(14(2)3)29-23(31)17-8-7-16(26)12-19(17)27/h7-8,10-14,21H,5-6,9H2,1-4H3,(H,29,31)(H,30,32)/b28-13-. The van der Waals surface area contributed by atoms with E-state index in [0.717, 1.165) is 12.8 Å². The van der Waals surface area contributed by atoms with Crippen molar-refractivity contribution in [3.63, 3.8) is 0 Å². The average Bonchev–Trinajstić information content (AvgIpc) is 2.78. The van der Waals surface area contributed by atoms with Gasteiger partial charge in [-0.15, -0.1) is 0 Å². The lowest BCUT2D eigenvalue weighted by atomic mass is 10.0. The molecule has 34 heavy (non-hydrogen) atoms. The van der Waals surface area contributed by atoms with Crippen LogP contribution in [-0.4, -0.2) is 37.8 Å². The first-order valence-electron chi connectivity index (χ1n) is 10.8. The van der Waals surface area contributed by atoms with Gasteiger partial charge in [-0.3, -0.25) is 9.59 Å². The Labute approximate surface area is 218 Å². The predicted molar refractivity (Wildman–Crippen MR) is 139 cm³/mol. The topological polar surface area (TPSA) is 89.0 Å². The van der Waals surface area contributed by atoms with Crippen molar-refractivity contribution in [2.24, 2.45) is 11.0 Å². The molecule has 0 saturated heterocycles. The zero-order chi connectivity index (χ0) is 25.3. The number of carbonyl (C=O) groups is 2. The molecule has 0 bridgehead atoms. The number of benzene rings is 2. The molecular weight excluding hydrogens is 545 g/mol. The van der Waals surface area contributed by atoms with Crippen LogP contribution in [0.25, 0.3) is 0 Å². The summed E-state index contributed by atoms with van der Waals surface area (Å²) in [7, 11) is 1.56. The largest absolute Gasteiger partial charge is 0.493 e. The molecule has 0 saturated carbocycles. The maximum atomic E-state index is 12.7. The molecule has 0 fully saturated rings. The number of hydrogen-bond acceptors (Lipinski definition) is 5. The minimum Gasteiger partial charge on any atom is -0.493 e. The Hall–Kier alpha value is -2.29. The highest BCUT2D eigenvalue weighted by Gasteiger charge is 2.25. The number of rotatable bonds is 11. The van der Waals surface area contributed by atoms with Crippen molar-refractivity contribution in [2.75, 3.05) is 13.7 Å². The van der Waals surface area contributed by atoms with Crippen molar-refractivity contribution in [1.82, 2.24) is 10.7 Å². The third-order valence-electron chi connectivity index (χ3n) is 4.80. The third kappa shape index (κ3) is 7.89. The highest BCUT2D eigenvalue weighted by atomic mass is 79.9. The smallest absolute Gasteiger partial charge is 0.262 e. The van der Waals surface area contributed by atoms with Crippen molar-refractivity contribution >= 4 is 57.2 Å². The Kier molecular flexibility index (Phi) is 11.1. The number of methoxy groups -OCH3 is 1. The molecule has 2 N–H and O–H groups in total. The van der Waals surface area contributed by atoms with E-state index >= 15 is 0 Å². The summed E-state index contributed by atoms with van der Waals surface area (Å²) in [6.45, 7) is 6.30. The average molecular weight is 573 g/mol. The number of hydrazone groups is 1. The normalized spacial score (nSPS) is 12.0. The van der Waals surface area contributed by atoms with Gasteiger partial charge in [0.15, 0.2) is 11.5 Å². The van der Waals surface area contributed by atoms with Crippen molar-refractivity contribution < 1.29 is 19.1 Å². The molecule has 0 spiro atoms. The minimum atomic E-state index is -0.827. The van der Waals surface area contributed by atoms with E-state index in [1.165, 1.54) is 18.3 Å². The van der Waals surface area contributed by atoms with Gasteiger partial charge in [0.05, 0.1) is 35.0 Å². The van der Waals surface area contributed by atoms with E-state index in [1.54, 1.807) is 19.2 Å². The van der Waals surface area contributed by atoms with Gasteiger partial charge in [0.25, 0.3) is 11.8 Å². The minimum absolute atomic E-state index is 0.195. The molecule has 0 radical (unpaired) electrons. The van der Waals surface area contributed by atoms with Crippen molar-refractivity contribution in [3.8, 4) is 11.5 Å². The number of nitrogens with one attached hydrogen (secondary N) is 2. The van der Waals surface area contributed by atoms with Gasteiger partial charge in [-0.2, -0.15) is 5.10 Å². The van der Waals surface area contributed by atoms with Crippen molar-refractivity contribution in [3.05, 3.63) is 56.0 Å². The first-order valence-corrected chi connectivity index (χ1v) is 12.3. The van der Waals surface area contributed by atoms with Crippen LogP contribution in [0, 0.1) is 5.92 Å². The molecule has 1 atom stereocenters. The van der Waals surface area contributed by atoms with Crippen LogP contribution in [0.5, 0.6) is 11.5 Å². The number of carbonyl (C=O) groups excluding carboxylic acids is 2. The fraction of sp³-hybridized carbons (Fsp3) is 0.375. The van der Waals surface area contributed by atoms with Crippen molar-refractivity contribution in [1.29, 1.82) is 0 Å². The quantitative estimate of drug-likeness (QED) is 0.201. The first kappa shape index (κ1) is 28.0. The van der Waals surface area contributed by atoms with Gasteiger partial charge in [-0.05, 0) is 64.2 Å². The number of nitrogens with zero attached hydrogens (tertiary/aromatic N) is 1. The Morgan fingerprint density at radius 3 is 2.56 bits per heavy atom. The fourth-order valence-electron chi connectivity index (χ4n) is 2.94. The van der Waals surface area contributed by atoms with Gasteiger partial charge in [0, 0.05) is 5.02 Å². The van der Waals surface area contributed by atoms with E-state index in [0.29, 0.717) is 33.2 Å². The van der Waals surface area contributed by atoms with Crippen LogP contribution in [0.2, 0.25) is 10.0 Å². The van der Waals surface area contributed by atoms with Crippen LogP contribution < -0.4 is 20.2 Å². The van der Waals surface area contributed by atoms with E-state index < -0.39 is 17.9 Å². The molecular formula is C24H28BrCl2N3O4. The molecule has 2 aromatic carbocycles. The number of hydrogen-bond donors (Lipinski definition) is 2. The summed E-state index contributed by atoms with van der Waals surface area (Å²) in [5.41, 5.74) is 3.39. The number of ether oxygens (including phenoxy) is 2. The molecule has 0 aliphatic carbocycles. The lowest BCUT2D eigenvalue weighted by molar-refractivity contribution is -0.123. The number of unbranched alkanes of at least 4 members (excludes halogenated alkanes) is 1. The van der Waals surface area contributed by atoms with Gasteiger partial charge in [-0.25, -0.2) is 5.43 Å². The lowest BCUT2D eigenvalue weighted by Crippen LogP contribution is -2.48. The van der Waals surface area contributed by atoms with Crippen LogP contribution in [0.4, 0.5) is 0 Å². The highest BCUT2D eigenvalue weighted by molar-refractivity contribution is 9.10. The Morgan fingerprint density at radius 1 is 1.21 bits per heavy atom. The maximum Gasteiger partial charge on any atom is 0.262 e. The number of amides is 2. The summed E-state index contributed by atoms with van der Waals surface area (Å²) in [4.78, 5) is 25.4. The first-order chi connectivity index (χ1) is 16.2. The summed E-state index contributed by atoms with van der Waals surface area (Å²) in [5, 5.41) is 7.36. The molecule has 184 valence electrons. The Bertz CT molecular complexity index is 1050. The zero-order valence-corrected chi connectivity index (χ0v) is 22.6. The Balaban J connectivity index is 2.08. The summed E-state index contributed by atoms with van der Waals surface area (Å²) >= 11 is 15.5. The van der Waals surface area contributed by atoms with Gasteiger partial charge in [0.1, 0.15) is 6.04 Å². The molecule has 0 aromatic heterocycles. The van der Waals surface area contributed by atoms with Crippen molar-refractivity contribution in [2.45, 2.75) is 39.7 Å². The van der Waals surface area contributed by atoms with Crippen LogP contribution in [-0.2, 0) is 4.79 Å². The van der Waals surface area contributed by atoms with Gasteiger partial charge < -0.3 is 14.8 Å². The van der Waals surface area contributed by atoms with E-state index in [1.807, 2.05) is 19.9 Å². The van der Waals surface area contributed by atoms with Gasteiger partial charge in [-0.1, -0.05) is 50.4 Å². The molecule has 1 unspecified atom stereocenters. The second-order valence-corrected chi connectivity index (χ2v) is 9.49. The molecule has 0 heterocycles. The highest BCUT2D eigenvalue weighted by Crippen LogP contribution is 2.36.